The van der Waals surface area contributed by atoms with Crippen molar-refractivity contribution in [3.8, 4) is 0 Å². The Bertz CT molecular complexity index is 992. The van der Waals surface area contributed by atoms with Crippen molar-refractivity contribution in [3.05, 3.63) is 52.0 Å². The Morgan fingerprint density at radius 1 is 1.23 bits per heavy atom. The molecule has 9 heteroatoms. The molecule has 0 aliphatic carbocycles. The second kappa shape index (κ2) is 6.99. The Labute approximate surface area is 157 Å². The van der Waals surface area contributed by atoms with Crippen LogP contribution in [0.15, 0.2) is 46.4 Å². The monoisotopic (exact) mass is 416 g/mol. The van der Waals surface area contributed by atoms with Crippen LogP contribution in [0.3, 0.4) is 0 Å². The highest BCUT2D eigenvalue weighted by Crippen LogP contribution is 2.21. The van der Waals surface area contributed by atoms with Gasteiger partial charge in [0, 0.05) is 17.6 Å². The predicted octanol–water partition coefficient (Wildman–Crippen LogP) is 1.61. The van der Waals surface area contributed by atoms with E-state index in [2.05, 4.69) is 31.0 Å². The highest BCUT2D eigenvalue weighted by Gasteiger charge is 2.24. The molecule has 0 atom stereocenters. The highest BCUT2D eigenvalue weighted by atomic mass is 79.9. The Kier molecular flexibility index (Phi) is 4.54. The molecule has 3 aromatic rings. The summed E-state index contributed by atoms with van der Waals surface area (Å²) in [6.45, 7) is 1.29. The van der Waals surface area contributed by atoms with Crippen LogP contribution in [-0.4, -0.2) is 48.2 Å². The zero-order valence-electron chi connectivity index (χ0n) is 14.0. The van der Waals surface area contributed by atoms with Gasteiger partial charge in [0.05, 0.1) is 23.3 Å². The van der Waals surface area contributed by atoms with Gasteiger partial charge in [-0.25, -0.2) is 14.6 Å². The van der Waals surface area contributed by atoms with E-state index in [1.165, 1.54) is 17.2 Å². The highest BCUT2D eigenvalue weighted by molar-refractivity contribution is 9.10. The number of carbonyl (C=O) groups is 1. The lowest BCUT2D eigenvalue weighted by Gasteiger charge is -2.32. The smallest absolute Gasteiger partial charge is 0.261 e. The Hall–Kier alpha value is -2.55. The molecule has 4 rings (SSSR count). The van der Waals surface area contributed by atoms with Gasteiger partial charge in [0.15, 0.2) is 0 Å². The van der Waals surface area contributed by atoms with Crippen LogP contribution in [0.1, 0.15) is 18.9 Å². The number of piperidine rings is 1. The third-order valence-electron chi connectivity index (χ3n) is 4.72. The average molecular weight is 417 g/mol. The number of amides is 1. The second-order valence-corrected chi connectivity index (χ2v) is 7.24. The summed E-state index contributed by atoms with van der Waals surface area (Å²) in [4.78, 5) is 35.3. The molecule has 8 nitrogen and oxygen atoms in total. The molecule has 0 N–H and O–H groups in total. The summed E-state index contributed by atoms with van der Waals surface area (Å²) in [6, 6.07) is 5.62. The van der Waals surface area contributed by atoms with Crippen molar-refractivity contribution in [2.24, 2.45) is 0 Å². The lowest BCUT2D eigenvalue weighted by atomic mass is 10.1. The van der Waals surface area contributed by atoms with Gasteiger partial charge in [-0.3, -0.25) is 14.2 Å². The van der Waals surface area contributed by atoms with Crippen LogP contribution in [0.4, 0.5) is 0 Å². The molecule has 0 unspecified atom stereocenters. The van der Waals surface area contributed by atoms with E-state index in [4.69, 9.17) is 0 Å². The molecule has 134 valence electrons. The maximum Gasteiger partial charge on any atom is 0.261 e. The summed E-state index contributed by atoms with van der Waals surface area (Å²) in [5.74, 6) is -0.0692. The minimum Gasteiger partial charge on any atom is -0.341 e. The van der Waals surface area contributed by atoms with Gasteiger partial charge in [-0.15, -0.1) is 0 Å². The normalized spacial score (nSPS) is 15.5. The number of hydrogen-bond acceptors (Lipinski definition) is 5. The van der Waals surface area contributed by atoms with E-state index in [1.807, 2.05) is 10.7 Å². The standard InChI is InChI=1S/C17H17BrN6O2/c18-12-1-2-15-14(7-12)17(26)23(11-20-15)8-16(25)22-5-3-13(4-6-22)24-10-19-9-21-24/h1-2,7,9-11,13H,3-6,8H2. The molecular weight excluding hydrogens is 400 g/mol. The predicted molar refractivity (Wildman–Crippen MR) is 98.6 cm³/mol. The fourth-order valence-electron chi connectivity index (χ4n) is 3.28. The van der Waals surface area contributed by atoms with Crippen LogP contribution in [0, 0.1) is 0 Å². The van der Waals surface area contributed by atoms with Crippen molar-refractivity contribution in [2.75, 3.05) is 13.1 Å². The summed E-state index contributed by atoms with van der Waals surface area (Å²) in [6.07, 6.45) is 6.33. The number of rotatable bonds is 3. The Morgan fingerprint density at radius 2 is 2.04 bits per heavy atom. The van der Waals surface area contributed by atoms with Crippen LogP contribution in [0.25, 0.3) is 10.9 Å². The first-order chi connectivity index (χ1) is 12.6. The SMILES string of the molecule is O=C(Cn1cnc2ccc(Br)cc2c1=O)N1CCC(n2cncn2)CC1. The molecule has 1 aromatic carbocycles. The van der Waals surface area contributed by atoms with Crippen LogP contribution >= 0.6 is 15.9 Å². The zero-order chi connectivity index (χ0) is 18.1. The van der Waals surface area contributed by atoms with Gasteiger partial charge in [-0.2, -0.15) is 5.10 Å². The van der Waals surface area contributed by atoms with Crippen molar-refractivity contribution in [1.29, 1.82) is 0 Å². The molecule has 3 heterocycles. The van der Waals surface area contributed by atoms with E-state index in [0.29, 0.717) is 24.0 Å². The van der Waals surface area contributed by atoms with Crippen LogP contribution in [-0.2, 0) is 11.3 Å². The van der Waals surface area contributed by atoms with Crippen molar-refractivity contribution in [3.63, 3.8) is 0 Å². The van der Waals surface area contributed by atoms with Crippen molar-refractivity contribution >= 4 is 32.7 Å². The molecule has 1 fully saturated rings. The van der Waals surface area contributed by atoms with Gasteiger partial charge in [0.2, 0.25) is 5.91 Å². The van der Waals surface area contributed by atoms with Crippen molar-refractivity contribution in [2.45, 2.75) is 25.4 Å². The quantitative estimate of drug-likeness (QED) is 0.647. The Morgan fingerprint density at radius 3 is 2.77 bits per heavy atom. The summed E-state index contributed by atoms with van der Waals surface area (Å²) < 4.78 is 4.03. The first kappa shape index (κ1) is 16.9. The van der Waals surface area contributed by atoms with E-state index >= 15 is 0 Å². The molecule has 1 aliphatic rings. The number of aromatic nitrogens is 5. The second-order valence-electron chi connectivity index (χ2n) is 6.33. The van der Waals surface area contributed by atoms with E-state index in [1.54, 1.807) is 23.4 Å². The number of carbonyl (C=O) groups excluding carboxylic acids is 1. The summed E-state index contributed by atoms with van der Waals surface area (Å²) in [5, 5.41) is 4.67. The largest absolute Gasteiger partial charge is 0.341 e. The average Bonchev–Trinajstić information content (AvgIpc) is 3.19. The molecule has 2 aromatic heterocycles. The van der Waals surface area contributed by atoms with Gasteiger partial charge in [0.1, 0.15) is 19.2 Å². The zero-order valence-corrected chi connectivity index (χ0v) is 15.5. The molecule has 26 heavy (non-hydrogen) atoms. The molecule has 0 bridgehead atoms. The number of likely N-dealkylation sites (tertiary alicyclic amines) is 1. The molecule has 0 spiro atoms. The fraction of sp³-hybridized carbons (Fsp3) is 0.353. The van der Waals surface area contributed by atoms with Gasteiger partial charge in [-0.05, 0) is 31.0 Å². The van der Waals surface area contributed by atoms with Gasteiger partial charge in [-0.1, -0.05) is 15.9 Å². The van der Waals surface area contributed by atoms with E-state index < -0.39 is 0 Å². The summed E-state index contributed by atoms with van der Waals surface area (Å²) >= 11 is 3.36. The first-order valence-corrected chi connectivity index (χ1v) is 9.18. The van der Waals surface area contributed by atoms with Gasteiger partial charge in [0.25, 0.3) is 5.56 Å². The number of benzene rings is 1. The fourth-order valence-corrected chi connectivity index (χ4v) is 3.64. The van der Waals surface area contributed by atoms with Crippen LogP contribution in [0.2, 0.25) is 0 Å². The first-order valence-electron chi connectivity index (χ1n) is 8.38. The Balaban J connectivity index is 1.46. The third kappa shape index (κ3) is 3.26. The maximum absolute atomic E-state index is 12.6. The minimum atomic E-state index is -0.206. The summed E-state index contributed by atoms with van der Waals surface area (Å²) in [5.41, 5.74) is 0.415. The number of nitrogens with zero attached hydrogens (tertiary/aromatic N) is 6. The number of fused-ring (bicyclic) bond motifs is 1. The summed E-state index contributed by atoms with van der Waals surface area (Å²) in [7, 11) is 0. The number of hydrogen-bond donors (Lipinski definition) is 0. The molecule has 1 amide bonds. The van der Waals surface area contributed by atoms with E-state index in [9.17, 15) is 9.59 Å². The van der Waals surface area contributed by atoms with E-state index in [0.717, 1.165) is 17.3 Å². The molecule has 0 radical (unpaired) electrons. The lowest BCUT2D eigenvalue weighted by Crippen LogP contribution is -2.42. The van der Waals surface area contributed by atoms with Gasteiger partial charge < -0.3 is 4.90 Å². The molecular formula is C17H17BrN6O2. The van der Waals surface area contributed by atoms with Crippen molar-refractivity contribution in [1.82, 2.24) is 29.2 Å². The maximum atomic E-state index is 12.6. The third-order valence-corrected chi connectivity index (χ3v) is 5.21. The van der Waals surface area contributed by atoms with E-state index in [-0.39, 0.29) is 24.1 Å². The molecule has 1 saturated heterocycles. The number of halogens is 1. The van der Waals surface area contributed by atoms with Gasteiger partial charge >= 0.3 is 0 Å². The van der Waals surface area contributed by atoms with Crippen molar-refractivity contribution < 1.29 is 4.79 Å². The topological polar surface area (TPSA) is 85.9 Å². The van der Waals surface area contributed by atoms with Crippen LogP contribution in [0.5, 0.6) is 0 Å². The van der Waals surface area contributed by atoms with Crippen LogP contribution < -0.4 is 5.56 Å². The molecule has 1 aliphatic heterocycles. The molecule has 0 saturated carbocycles. The minimum absolute atomic E-state index is 0.00226. The lowest BCUT2D eigenvalue weighted by molar-refractivity contribution is -0.133.